The Morgan fingerprint density at radius 1 is 1.55 bits per heavy atom. The Bertz CT molecular complexity index is 660. The molecule has 1 aromatic heterocycles. The first-order chi connectivity index (χ1) is 9.53. The van der Waals surface area contributed by atoms with Crippen LogP contribution in [0.5, 0.6) is 0 Å². The summed E-state index contributed by atoms with van der Waals surface area (Å²) in [5.74, 6) is 0.232. The highest BCUT2D eigenvalue weighted by Gasteiger charge is 2.42. The third-order valence-corrected chi connectivity index (χ3v) is 4.19. The van der Waals surface area contributed by atoms with E-state index in [0.29, 0.717) is 11.5 Å². The first kappa shape index (κ1) is 13.1. The van der Waals surface area contributed by atoms with Crippen LogP contribution in [0.25, 0.3) is 11.0 Å². The first-order valence-electron chi connectivity index (χ1n) is 6.88. The average molecular weight is 273 g/mol. The number of nitrogens with zero attached hydrogens (tertiary/aromatic N) is 2. The van der Waals surface area contributed by atoms with Crippen molar-refractivity contribution in [3.63, 3.8) is 0 Å². The number of hydrogen-bond acceptors (Lipinski definition) is 3. The Balaban J connectivity index is 1.84. The van der Waals surface area contributed by atoms with E-state index in [9.17, 15) is 9.90 Å². The lowest BCUT2D eigenvalue weighted by molar-refractivity contribution is 0.0824. The molecular weight excluding hydrogens is 254 g/mol. The predicted molar refractivity (Wildman–Crippen MR) is 76.4 cm³/mol. The molecule has 0 radical (unpaired) electrons. The van der Waals surface area contributed by atoms with Gasteiger partial charge in [-0.3, -0.25) is 4.79 Å². The number of carbonyl (C=O) groups excluding carboxylic acids is 1. The molecule has 1 saturated carbocycles. The minimum absolute atomic E-state index is 0.0325. The molecule has 0 bridgehead atoms. The van der Waals surface area contributed by atoms with Gasteiger partial charge in [-0.05, 0) is 43.9 Å². The molecule has 1 unspecified atom stereocenters. The first-order valence-corrected chi connectivity index (χ1v) is 6.88. The van der Waals surface area contributed by atoms with Crippen LogP contribution in [0.4, 0.5) is 0 Å². The van der Waals surface area contributed by atoms with Crippen LogP contribution in [0.2, 0.25) is 0 Å². The lowest BCUT2D eigenvalue weighted by atomic mass is 9.96. The molecule has 0 aliphatic heterocycles. The summed E-state index contributed by atoms with van der Waals surface area (Å²) >= 11 is 0. The van der Waals surface area contributed by atoms with Gasteiger partial charge in [0, 0.05) is 12.6 Å². The Labute approximate surface area is 117 Å². The lowest BCUT2D eigenvalue weighted by Gasteiger charge is -2.28. The quantitative estimate of drug-likeness (QED) is 0.886. The molecule has 106 valence electrons. The number of aliphatic hydroxyl groups excluding tert-OH is 1. The highest BCUT2D eigenvalue weighted by Crippen LogP contribution is 2.39. The van der Waals surface area contributed by atoms with E-state index in [0.717, 1.165) is 23.9 Å². The standard InChI is InChI=1S/C15H19N3O2/c1-15(8-19,11-4-5-11)17-14(20)10-3-6-13-12(7-10)16-9-18(13)2/h3,6-7,9,11,19H,4-5,8H2,1-2H3,(H,17,20). The fraction of sp³-hybridized carbons (Fsp3) is 0.467. The van der Waals surface area contributed by atoms with Crippen molar-refractivity contribution in [3.05, 3.63) is 30.1 Å². The van der Waals surface area contributed by atoms with Crippen molar-refractivity contribution in [1.82, 2.24) is 14.9 Å². The molecular formula is C15H19N3O2. The van der Waals surface area contributed by atoms with Gasteiger partial charge in [0.2, 0.25) is 0 Å². The summed E-state index contributed by atoms with van der Waals surface area (Å²) < 4.78 is 1.92. The van der Waals surface area contributed by atoms with E-state index < -0.39 is 5.54 Å². The molecule has 1 amide bonds. The van der Waals surface area contributed by atoms with Gasteiger partial charge in [0.05, 0.1) is 29.5 Å². The van der Waals surface area contributed by atoms with Gasteiger partial charge < -0.3 is 15.0 Å². The summed E-state index contributed by atoms with van der Waals surface area (Å²) in [4.78, 5) is 16.6. The monoisotopic (exact) mass is 273 g/mol. The SMILES string of the molecule is Cn1cnc2cc(C(=O)NC(C)(CO)C3CC3)ccc21. The van der Waals surface area contributed by atoms with Gasteiger partial charge in [-0.25, -0.2) is 4.98 Å². The Kier molecular flexibility index (Phi) is 3.01. The van der Waals surface area contributed by atoms with Gasteiger partial charge in [-0.15, -0.1) is 0 Å². The second-order valence-corrected chi connectivity index (χ2v) is 5.86. The number of nitrogens with one attached hydrogen (secondary N) is 1. The zero-order valence-electron chi connectivity index (χ0n) is 11.8. The van der Waals surface area contributed by atoms with E-state index in [1.165, 1.54) is 0 Å². The van der Waals surface area contributed by atoms with Gasteiger partial charge in [0.15, 0.2) is 0 Å². The van der Waals surface area contributed by atoms with Crippen LogP contribution in [0.1, 0.15) is 30.1 Å². The molecule has 0 saturated heterocycles. The molecule has 5 nitrogen and oxygen atoms in total. The van der Waals surface area contributed by atoms with Crippen molar-refractivity contribution in [2.75, 3.05) is 6.61 Å². The third kappa shape index (κ3) is 2.18. The topological polar surface area (TPSA) is 67.2 Å². The fourth-order valence-corrected chi connectivity index (χ4v) is 2.60. The van der Waals surface area contributed by atoms with E-state index in [4.69, 9.17) is 0 Å². The number of aliphatic hydroxyl groups is 1. The number of hydrogen-bond donors (Lipinski definition) is 2. The summed E-state index contributed by atoms with van der Waals surface area (Å²) in [6.07, 6.45) is 3.86. The second kappa shape index (κ2) is 4.59. The largest absolute Gasteiger partial charge is 0.394 e. The average Bonchev–Trinajstić information content (AvgIpc) is 3.24. The van der Waals surface area contributed by atoms with Crippen LogP contribution in [0, 0.1) is 5.92 Å². The van der Waals surface area contributed by atoms with Crippen LogP contribution in [-0.4, -0.2) is 32.7 Å². The van der Waals surface area contributed by atoms with Crippen LogP contribution in [0.15, 0.2) is 24.5 Å². The number of aromatic nitrogens is 2. The van der Waals surface area contributed by atoms with Crippen molar-refractivity contribution in [2.45, 2.75) is 25.3 Å². The maximum atomic E-state index is 12.3. The highest BCUT2D eigenvalue weighted by molar-refractivity contribution is 5.97. The van der Waals surface area contributed by atoms with Crippen molar-refractivity contribution in [1.29, 1.82) is 0 Å². The minimum atomic E-state index is -0.518. The number of aryl methyl sites for hydroxylation is 1. The smallest absolute Gasteiger partial charge is 0.251 e. The van der Waals surface area contributed by atoms with Crippen molar-refractivity contribution in [2.24, 2.45) is 13.0 Å². The van der Waals surface area contributed by atoms with Crippen molar-refractivity contribution >= 4 is 16.9 Å². The van der Waals surface area contributed by atoms with Crippen LogP contribution < -0.4 is 5.32 Å². The summed E-state index contributed by atoms with van der Waals surface area (Å²) in [7, 11) is 1.92. The molecule has 5 heteroatoms. The Hall–Kier alpha value is -1.88. The molecule has 1 aromatic carbocycles. The molecule has 0 spiro atoms. The van der Waals surface area contributed by atoms with Gasteiger partial charge in [0.1, 0.15) is 0 Å². The van der Waals surface area contributed by atoms with Gasteiger partial charge in [0.25, 0.3) is 5.91 Å². The summed E-state index contributed by atoms with van der Waals surface area (Å²) in [6.45, 7) is 1.87. The van der Waals surface area contributed by atoms with Crippen LogP contribution in [0.3, 0.4) is 0 Å². The predicted octanol–water partition coefficient (Wildman–Crippen LogP) is 1.46. The molecule has 3 rings (SSSR count). The molecule has 1 aliphatic carbocycles. The van der Waals surface area contributed by atoms with Gasteiger partial charge in [-0.1, -0.05) is 0 Å². The number of carbonyl (C=O) groups is 1. The molecule has 20 heavy (non-hydrogen) atoms. The van der Waals surface area contributed by atoms with E-state index in [2.05, 4.69) is 10.3 Å². The van der Waals surface area contributed by atoms with Crippen molar-refractivity contribution in [3.8, 4) is 0 Å². The summed E-state index contributed by atoms with van der Waals surface area (Å²) in [5.41, 5.74) is 1.86. The Morgan fingerprint density at radius 3 is 2.95 bits per heavy atom. The molecule has 1 aliphatic rings. The summed E-state index contributed by atoms with van der Waals surface area (Å²) in [6, 6.07) is 5.48. The van der Waals surface area contributed by atoms with Gasteiger partial charge in [-0.2, -0.15) is 0 Å². The van der Waals surface area contributed by atoms with E-state index in [1.807, 2.05) is 24.6 Å². The maximum absolute atomic E-state index is 12.3. The Morgan fingerprint density at radius 2 is 2.30 bits per heavy atom. The zero-order valence-corrected chi connectivity index (χ0v) is 11.8. The molecule has 1 heterocycles. The van der Waals surface area contributed by atoms with Crippen molar-refractivity contribution < 1.29 is 9.90 Å². The zero-order chi connectivity index (χ0) is 14.3. The number of amides is 1. The second-order valence-electron chi connectivity index (χ2n) is 5.86. The van der Waals surface area contributed by atoms with E-state index >= 15 is 0 Å². The number of rotatable bonds is 4. The minimum Gasteiger partial charge on any atom is -0.394 e. The highest BCUT2D eigenvalue weighted by atomic mass is 16.3. The van der Waals surface area contributed by atoms with Crippen LogP contribution in [-0.2, 0) is 7.05 Å². The number of benzene rings is 1. The summed E-state index contributed by atoms with van der Waals surface area (Å²) in [5, 5.41) is 12.5. The van der Waals surface area contributed by atoms with E-state index in [-0.39, 0.29) is 12.5 Å². The lowest BCUT2D eigenvalue weighted by Crippen LogP contribution is -2.50. The van der Waals surface area contributed by atoms with Crippen LogP contribution >= 0.6 is 0 Å². The fourth-order valence-electron chi connectivity index (χ4n) is 2.60. The number of fused-ring (bicyclic) bond motifs is 1. The van der Waals surface area contributed by atoms with Gasteiger partial charge >= 0.3 is 0 Å². The third-order valence-electron chi connectivity index (χ3n) is 4.19. The van der Waals surface area contributed by atoms with E-state index in [1.54, 1.807) is 18.5 Å². The molecule has 1 fully saturated rings. The maximum Gasteiger partial charge on any atom is 0.251 e. The molecule has 2 N–H and O–H groups in total. The molecule has 1 atom stereocenters. The molecule has 2 aromatic rings. The normalized spacial score (nSPS) is 17.9. The number of imidazole rings is 1.